The van der Waals surface area contributed by atoms with Crippen LogP contribution in [0.1, 0.15) is 22.5 Å². The van der Waals surface area contributed by atoms with E-state index in [1.165, 1.54) is 0 Å². The molecule has 0 saturated heterocycles. The van der Waals surface area contributed by atoms with Crippen LogP contribution in [0, 0.1) is 0 Å². The standard InChI is InChI=1S/C23H23Cl2N5O3/c1-33-20-4-2-3-15(28-20)12-30-10-8-27-21(23(30)32)16-13-29(9-7-19(16)26)22(31)14-5-6-17(24)18(25)11-14/h2-6,11H,7-10,12-13,26H2,1H3. The Hall–Kier alpha value is -3.10. The number of aromatic nitrogens is 1. The highest BCUT2D eigenvalue weighted by Gasteiger charge is 2.32. The molecule has 2 aliphatic rings. The van der Waals surface area contributed by atoms with E-state index in [2.05, 4.69) is 9.98 Å². The fourth-order valence-corrected chi connectivity index (χ4v) is 4.12. The molecule has 172 valence electrons. The van der Waals surface area contributed by atoms with Crippen molar-refractivity contribution in [3.05, 3.63) is 69.0 Å². The van der Waals surface area contributed by atoms with E-state index in [1.54, 1.807) is 41.2 Å². The van der Waals surface area contributed by atoms with Crippen molar-refractivity contribution in [2.75, 3.05) is 33.3 Å². The zero-order valence-electron chi connectivity index (χ0n) is 18.1. The van der Waals surface area contributed by atoms with Gasteiger partial charge in [-0.25, -0.2) is 4.98 Å². The third-order valence-corrected chi connectivity index (χ3v) is 6.34. The summed E-state index contributed by atoms with van der Waals surface area (Å²) >= 11 is 12.0. The first-order valence-electron chi connectivity index (χ1n) is 10.4. The predicted octanol–water partition coefficient (Wildman–Crippen LogP) is 2.94. The maximum Gasteiger partial charge on any atom is 0.272 e. The van der Waals surface area contributed by atoms with Crippen LogP contribution in [0.3, 0.4) is 0 Å². The molecule has 3 heterocycles. The number of rotatable bonds is 5. The van der Waals surface area contributed by atoms with Gasteiger partial charge < -0.3 is 20.3 Å². The van der Waals surface area contributed by atoms with Gasteiger partial charge in [0.25, 0.3) is 11.8 Å². The van der Waals surface area contributed by atoms with Crippen molar-refractivity contribution in [3.63, 3.8) is 0 Å². The van der Waals surface area contributed by atoms with Crippen LogP contribution < -0.4 is 10.5 Å². The van der Waals surface area contributed by atoms with E-state index >= 15 is 0 Å². The molecule has 2 aromatic rings. The van der Waals surface area contributed by atoms with E-state index in [0.717, 1.165) is 0 Å². The lowest BCUT2D eigenvalue weighted by atomic mass is 9.98. The SMILES string of the molecule is COc1cccc(CN2CCN=C(C3=C(N)CCN(C(=O)c4ccc(Cl)c(Cl)c4)C3)C2=O)n1. The minimum absolute atomic E-state index is 0.195. The number of pyridine rings is 1. The van der Waals surface area contributed by atoms with Gasteiger partial charge in [-0.1, -0.05) is 29.3 Å². The average molecular weight is 488 g/mol. The Morgan fingerprint density at radius 3 is 2.76 bits per heavy atom. The molecule has 1 aromatic carbocycles. The number of carbonyl (C=O) groups is 2. The highest BCUT2D eigenvalue weighted by Crippen LogP contribution is 2.25. The monoisotopic (exact) mass is 487 g/mol. The Kier molecular flexibility index (Phi) is 6.85. The van der Waals surface area contributed by atoms with Crippen molar-refractivity contribution in [1.82, 2.24) is 14.8 Å². The maximum absolute atomic E-state index is 13.3. The van der Waals surface area contributed by atoms with E-state index in [9.17, 15) is 9.59 Å². The van der Waals surface area contributed by atoms with Gasteiger partial charge in [0.15, 0.2) is 0 Å². The largest absolute Gasteiger partial charge is 0.481 e. The first-order chi connectivity index (χ1) is 15.9. The molecule has 0 bridgehead atoms. The van der Waals surface area contributed by atoms with Crippen LogP contribution in [0.2, 0.25) is 10.0 Å². The number of aliphatic imine (C=N–C) groups is 1. The Morgan fingerprint density at radius 1 is 1.18 bits per heavy atom. The fraction of sp³-hybridized carbons (Fsp3) is 0.304. The first kappa shape index (κ1) is 23.1. The molecule has 2 N–H and O–H groups in total. The van der Waals surface area contributed by atoms with Gasteiger partial charge in [0.2, 0.25) is 5.88 Å². The minimum atomic E-state index is -0.229. The number of carbonyl (C=O) groups excluding carboxylic acids is 2. The number of benzene rings is 1. The number of halogens is 2. The molecule has 0 radical (unpaired) electrons. The van der Waals surface area contributed by atoms with E-state index in [0.29, 0.717) is 76.8 Å². The van der Waals surface area contributed by atoms with Crippen LogP contribution in [-0.2, 0) is 11.3 Å². The van der Waals surface area contributed by atoms with Crippen molar-refractivity contribution < 1.29 is 14.3 Å². The van der Waals surface area contributed by atoms with Crippen molar-refractivity contribution >= 4 is 40.7 Å². The normalized spacial score (nSPS) is 16.7. The Labute approximate surface area is 201 Å². The van der Waals surface area contributed by atoms with E-state index < -0.39 is 0 Å². The third kappa shape index (κ3) is 4.96. The molecule has 0 aliphatic carbocycles. The van der Waals surface area contributed by atoms with E-state index in [-0.39, 0.29) is 18.4 Å². The average Bonchev–Trinajstić information content (AvgIpc) is 2.82. The summed E-state index contributed by atoms with van der Waals surface area (Å²) in [6, 6.07) is 10.2. The smallest absolute Gasteiger partial charge is 0.272 e. The van der Waals surface area contributed by atoms with E-state index in [4.69, 9.17) is 33.7 Å². The molecule has 0 spiro atoms. The lowest BCUT2D eigenvalue weighted by Gasteiger charge is -2.33. The Balaban J connectivity index is 1.52. The van der Waals surface area contributed by atoms with Crippen molar-refractivity contribution in [2.45, 2.75) is 13.0 Å². The molecule has 1 aromatic heterocycles. The number of nitrogens with zero attached hydrogens (tertiary/aromatic N) is 4. The number of hydrogen-bond acceptors (Lipinski definition) is 6. The van der Waals surface area contributed by atoms with E-state index in [1.807, 2.05) is 12.1 Å². The summed E-state index contributed by atoms with van der Waals surface area (Å²) in [7, 11) is 1.55. The number of nitrogens with two attached hydrogens (primary N) is 1. The molecule has 10 heteroatoms. The quantitative estimate of drug-likeness (QED) is 0.698. The molecule has 0 atom stereocenters. The van der Waals surface area contributed by atoms with Crippen LogP contribution in [0.4, 0.5) is 0 Å². The fourth-order valence-electron chi connectivity index (χ4n) is 3.82. The second-order valence-electron chi connectivity index (χ2n) is 7.74. The number of ether oxygens (including phenoxy) is 1. The van der Waals surface area contributed by atoms with Gasteiger partial charge in [-0.15, -0.1) is 0 Å². The summed E-state index contributed by atoms with van der Waals surface area (Å²) in [6.45, 7) is 1.88. The molecule has 33 heavy (non-hydrogen) atoms. The summed E-state index contributed by atoms with van der Waals surface area (Å²) in [6.07, 6.45) is 0.451. The molecule has 0 saturated carbocycles. The minimum Gasteiger partial charge on any atom is -0.481 e. The van der Waals surface area contributed by atoms with Crippen LogP contribution in [-0.4, -0.2) is 65.6 Å². The summed E-state index contributed by atoms with van der Waals surface area (Å²) in [5, 5.41) is 0.688. The molecule has 2 amide bonds. The highest BCUT2D eigenvalue weighted by molar-refractivity contribution is 6.46. The molecular formula is C23H23Cl2N5O3. The lowest BCUT2D eigenvalue weighted by molar-refractivity contribution is -0.125. The first-order valence-corrected chi connectivity index (χ1v) is 11.2. The van der Waals surface area contributed by atoms with Gasteiger partial charge >= 0.3 is 0 Å². The van der Waals surface area contributed by atoms with Crippen LogP contribution >= 0.6 is 23.2 Å². The van der Waals surface area contributed by atoms with Gasteiger partial charge in [0.05, 0.1) is 35.9 Å². The summed E-state index contributed by atoms with van der Waals surface area (Å²) in [5.41, 5.74) is 8.87. The molecule has 2 aliphatic heterocycles. The van der Waals surface area contributed by atoms with Crippen LogP contribution in [0.5, 0.6) is 5.88 Å². The molecule has 0 fully saturated rings. The summed E-state index contributed by atoms with van der Waals surface area (Å²) < 4.78 is 5.17. The Bertz CT molecular complexity index is 1160. The van der Waals surface area contributed by atoms with Gasteiger partial charge in [-0.05, 0) is 24.3 Å². The highest BCUT2D eigenvalue weighted by atomic mass is 35.5. The zero-order chi connectivity index (χ0) is 23.5. The van der Waals surface area contributed by atoms with Gasteiger partial charge in [-0.2, -0.15) is 0 Å². The Morgan fingerprint density at radius 2 is 2.00 bits per heavy atom. The third-order valence-electron chi connectivity index (χ3n) is 5.60. The van der Waals surface area contributed by atoms with Gasteiger partial charge in [0, 0.05) is 49.0 Å². The second kappa shape index (κ2) is 9.80. The maximum atomic E-state index is 13.3. The van der Waals surface area contributed by atoms with Crippen LogP contribution in [0.25, 0.3) is 0 Å². The number of methoxy groups -OCH3 is 1. The molecule has 8 nitrogen and oxygen atoms in total. The molecular weight excluding hydrogens is 465 g/mol. The zero-order valence-corrected chi connectivity index (χ0v) is 19.6. The van der Waals surface area contributed by atoms with Crippen molar-refractivity contribution in [3.8, 4) is 5.88 Å². The molecule has 0 unspecified atom stereocenters. The summed E-state index contributed by atoms with van der Waals surface area (Å²) in [4.78, 5) is 38.5. The van der Waals surface area contributed by atoms with Crippen molar-refractivity contribution in [2.24, 2.45) is 10.7 Å². The molecule has 4 rings (SSSR count). The summed E-state index contributed by atoms with van der Waals surface area (Å²) in [5.74, 6) is 0.0501. The van der Waals surface area contributed by atoms with Crippen molar-refractivity contribution in [1.29, 1.82) is 0 Å². The topological polar surface area (TPSA) is 101 Å². The van der Waals surface area contributed by atoms with Gasteiger partial charge in [-0.3, -0.25) is 14.6 Å². The lowest BCUT2D eigenvalue weighted by Crippen LogP contribution is -2.47. The van der Waals surface area contributed by atoms with Gasteiger partial charge in [0.1, 0.15) is 5.71 Å². The number of hydrogen-bond donors (Lipinski definition) is 1. The predicted molar refractivity (Wildman–Crippen MR) is 127 cm³/mol. The second-order valence-corrected chi connectivity index (χ2v) is 8.55. The number of amides is 2. The van der Waals surface area contributed by atoms with Crippen LogP contribution in [0.15, 0.2) is 52.7 Å².